The Morgan fingerprint density at radius 3 is 2.95 bits per heavy atom. The average molecular weight is 261 g/mol. The van der Waals surface area contributed by atoms with Gasteiger partial charge >= 0.3 is 5.97 Å². The zero-order valence-electron chi connectivity index (χ0n) is 11.1. The summed E-state index contributed by atoms with van der Waals surface area (Å²) < 4.78 is 5.62. The Balaban J connectivity index is 2.00. The molecule has 1 aromatic carbocycles. The number of para-hydroxylation sites is 1. The maximum absolute atomic E-state index is 11.3. The first kappa shape index (κ1) is 12.3. The van der Waals surface area contributed by atoms with Crippen LogP contribution in [0.25, 0.3) is 0 Å². The maximum atomic E-state index is 11.3. The van der Waals surface area contributed by atoms with Gasteiger partial charge in [-0.1, -0.05) is 19.4 Å². The topological polar surface area (TPSA) is 49.8 Å². The SMILES string of the molecule is CC1CCCC1N1CCOc2c(C(=O)O)cccc21. The zero-order chi connectivity index (χ0) is 13.4. The number of rotatable bonds is 2. The molecule has 0 amide bonds. The largest absolute Gasteiger partial charge is 0.489 e. The Morgan fingerprint density at radius 2 is 2.26 bits per heavy atom. The molecule has 1 aromatic rings. The first-order chi connectivity index (χ1) is 9.18. The van der Waals surface area contributed by atoms with Gasteiger partial charge in [-0.05, 0) is 30.9 Å². The van der Waals surface area contributed by atoms with Gasteiger partial charge in [0.25, 0.3) is 0 Å². The molecule has 0 bridgehead atoms. The summed E-state index contributed by atoms with van der Waals surface area (Å²) in [5, 5.41) is 9.25. The van der Waals surface area contributed by atoms with Crippen molar-refractivity contribution in [3.63, 3.8) is 0 Å². The van der Waals surface area contributed by atoms with Crippen LogP contribution in [0, 0.1) is 5.92 Å². The lowest BCUT2D eigenvalue weighted by Gasteiger charge is -2.38. The van der Waals surface area contributed by atoms with Crippen LogP contribution in [0.15, 0.2) is 18.2 Å². The average Bonchev–Trinajstić information content (AvgIpc) is 2.83. The quantitative estimate of drug-likeness (QED) is 0.889. The van der Waals surface area contributed by atoms with Gasteiger partial charge in [-0.3, -0.25) is 0 Å². The van der Waals surface area contributed by atoms with E-state index < -0.39 is 5.97 Å². The van der Waals surface area contributed by atoms with Crippen molar-refractivity contribution in [1.82, 2.24) is 0 Å². The van der Waals surface area contributed by atoms with Gasteiger partial charge < -0.3 is 14.7 Å². The summed E-state index contributed by atoms with van der Waals surface area (Å²) in [5.41, 5.74) is 1.22. The standard InChI is InChI=1S/C15H19NO3/c1-10-4-2-6-12(10)16-8-9-19-14-11(15(17)18)5-3-7-13(14)16/h3,5,7,10,12H,2,4,6,8-9H2,1H3,(H,17,18). The molecule has 2 unspecified atom stereocenters. The Kier molecular flexibility index (Phi) is 3.09. The van der Waals surface area contributed by atoms with E-state index in [0.29, 0.717) is 24.3 Å². The number of ether oxygens (including phenoxy) is 1. The molecule has 1 saturated carbocycles. The fourth-order valence-electron chi connectivity index (χ4n) is 3.37. The molecular weight excluding hydrogens is 242 g/mol. The van der Waals surface area contributed by atoms with E-state index in [2.05, 4.69) is 11.8 Å². The molecule has 4 heteroatoms. The van der Waals surface area contributed by atoms with Gasteiger partial charge in [0.15, 0.2) is 5.75 Å². The third kappa shape index (κ3) is 2.05. The molecule has 1 heterocycles. The molecule has 1 N–H and O–H groups in total. The Morgan fingerprint density at radius 1 is 1.42 bits per heavy atom. The van der Waals surface area contributed by atoms with E-state index in [1.54, 1.807) is 6.07 Å². The van der Waals surface area contributed by atoms with E-state index >= 15 is 0 Å². The third-order valence-electron chi connectivity index (χ3n) is 4.33. The minimum absolute atomic E-state index is 0.271. The maximum Gasteiger partial charge on any atom is 0.339 e. The van der Waals surface area contributed by atoms with Crippen LogP contribution in [0.3, 0.4) is 0 Å². The number of fused-ring (bicyclic) bond motifs is 1. The normalized spacial score (nSPS) is 25.8. The van der Waals surface area contributed by atoms with Gasteiger partial charge in [0.2, 0.25) is 0 Å². The van der Waals surface area contributed by atoms with Gasteiger partial charge in [-0.2, -0.15) is 0 Å². The van der Waals surface area contributed by atoms with Crippen molar-refractivity contribution in [2.24, 2.45) is 5.92 Å². The molecule has 0 spiro atoms. The second-order valence-corrected chi connectivity index (χ2v) is 5.48. The summed E-state index contributed by atoms with van der Waals surface area (Å²) in [6, 6.07) is 5.92. The van der Waals surface area contributed by atoms with Gasteiger partial charge in [0.1, 0.15) is 12.2 Å². The van der Waals surface area contributed by atoms with E-state index in [9.17, 15) is 9.90 Å². The number of benzene rings is 1. The lowest BCUT2D eigenvalue weighted by Crippen LogP contribution is -2.42. The van der Waals surface area contributed by atoms with Crippen LogP contribution in [-0.2, 0) is 0 Å². The number of nitrogens with zero attached hydrogens (tertiary/aromatic N) is 1. The second kappa shape index (κ2) is 4.76. The summed E-state index contributed by atoms with van der Waals surface area (Å²) in [7, 11) is 0. The fraction of sp³-hybridized carbons (Fsp3) is 0.533. The highest BCUT2D eigenvalue weighted by atomic mass is 16.5. The number of aromatic carboxylic acids is 1. The third-order valence-corrected chi connectivity index (χ3v) is 4.33. The van der Waals surface area contributed by atoms with Crippen LogP contribution >= 0.6 is 0 Å². The van der Waals surface area contributed by atoms with Crippen molar-refractivity contribution in [2.75, 3.05) is 18.1 Å². The van der Waals surface area contributed by atoms with E-state index in [1.165, 1.54) is 19.3 Å². The highest BCUT2D eigenvalue weighted by molar-refractivity contribution is 5.93. The molecule has 3 rings (SSSR count). The summed E-state index contributed by atoms with van der Waals surface area (Å²) >= 11 is 0. The van der Waals surface area contributed by atoms with Crippen LogP contribution in [0.2, 0.25) is 0 Å². The van der Waals surface area contributed by atoms with Crippen molar-refractivity contribution in [2.45, 2.75) is 32.2 Å². The molecule has 2 aliphatic rings. The first-order valence-electron chi connectivity index (χ1n) is 6.94. The van der Waals surface area contributed by atoms with Gasteiger partial charge in [0.05, 0.1) is 12.2 Å². The van der Waals surface area contributed by atoms with Crippen molar-refractivity contribution >= 4 is 11.7 Å². The Bertz CT molecular complexity index is 500. The predicted molar refractivity (Wildman–Crippen MR) is 73.0 cm³/mol. The second-order valence-electron chi connectivity index (χ2n) is 5.48. The molecule has 0 radical (unpaired) electrons. The fourth-order valence-corrected chi connectivity index (χ4v) is 3.37. The summed E-state index contributed by atoms with van der Waals surface area (Å²) in [6.07, 6.45) is 3.71. The highest BCUT2D eigenvalue weighted by Crippen LogP contribution is 2.40. The van der Waals surface area contributed by atoms with Crippen LogP contribution in [-0.4, -0.2) is 30.3 Å². The van der Waals surface area contributed by atoms with Crippen LogP contribution in [0.4, 0.5) is 5.69 Å². The number of hydrogen-bond donors (Lipinski definition) is 1. The lowest BCUT2D eigenvalue weighted by atomic mass is 10.0. The van der Waals surface area contributed by atoms with E-state index in [-0.39, 0.29) is 5.56 Å². The van der Waals surface area contributed by atoms with Crippen LogP contribution in [0.5, 0.6) is 5.75 Å². The Hall–Kier alpha value is -1.71. The summed E-state index contributed by atoms with van der Waals surface area (Å²) in [4.78, 5) is 13.6. The number of carboxylic acids is 1. The van der Waals surface area contributed by atoms with Crippen molar-refractivity contribution in [1.29, 1.82) is 0 Å². The minimum atomic E-state index is -0.918. The van der Waals surface area contributed by atoms with Crippen molar-refractivity contribution < 1.29 is 14.6 Å². The van der Waals surface area contributed by atoms with E-state index in [1.807, 2.05) is 12.1 Å². The van der Waals surface area contributed by atoms with Gasteiger partial charge in [-0.25, -0.2) is 4.79 Å². The number of carboxylic acid groups (broad SMARTS) is 1. The van der Waals surface area contributed by atoms with Crippen LogP contribution in [0.1, 0.15) is 36.5 Å². The molecule has 0 saturated heterocycles. The van der Waals surface area contributed by atoms with Crippen molar-refractivity contribution in [3.8, 4) is 5.75 Å². The van der Waals surface area contributed by atoms with Crippen LogP contribution < -0.4 is 9.64 Å². The molecule has 1 aliphatic heterocycles. The molecule has 2 atom stereocenters. The van der Waals surface area contributed by atoms with E-state index in [0.717, 1.165) is 12.2 Å². The molecule has 4 nitrogen and oxygen atoms in total. The molecule has 1 fully saturated rings. The minimum Gasteiger partial charge on any atom is -0.489 e. The van der Waals surface area contributed by atoms with E-state index in [4.69, 9.17) is 4.74 Å². The molecule has 102 valence electrons. The van der Waals surface area contributed by atoms with Gasteiger partial charge in [0, 0.05) is 6.04 Å². The monoisotopic (exact) mass is 261 g/mol. The summed E-state index contributed by atoms with van der Waals surface area (Å²) in [5.74, 6) is 0.290. The molecule has 1 aliphatic carbocycles. The molecule has 19 heavy (non-hydrogen) atoms. The predicted octanol–water partition coefficient (Wildman–Crippen LogP) is 2.77. The zero-order valence-corrected chi connectivity index (χ0v) is 11.1. The summed E-state index contributed by atoms with van der Waals surface area (Å²) in [6.45, 7) is 3.71. The van der Waals surface area contributed by atoms with Gasteiger partial charge in [-0.15, -0.1) is 0 Å². The number of hydrogen-bond acceptors (Lipinski definition) is 3. The first-order valence-corrected chi connectivity index (χ1v) is 6.94. The van der Waals surface area contributed by atoms with Crippen molar-refractivity contribution in [3.05, 3.63) is 23.8 Å². The smallest absolute Gasteiger partial charge is 0.339 e. The molecular formula is C15H19NO3. The number of carbonyl (C=O) groups is 1. The Labute approximate surface area is 113 Å². The molecule has 0 aromatic heterocycles. The lowest BCUT2D eigenvalue weighted by molar-refractivity contribution is 0.0692. The highest BCUT2D eigenvalue weighted by Gasteiger charge is 2.33. The number of anilines is 1.